The number of hydrogen-bond donors (Lipinski definition) is 2. The van der Waals surface area contributed by atoms with Crippen molar-refractivity contribution in [2.45, 2.75) is 76.2 Å². The molecule has 2 aromatic rings. The average molecular weight is 699 g/mol. The minimum absolute atomic E-state index is 0.0523. The summed E-state index contributed by atoms with van der Waals surface area (Å²) in [5.74, 6) is -3.21. The molecule has 0 bridgehead atoms. The number of carbonyl (C=O) groups excluding carboxylic acids is 4. The summed E-state index contributed by atoms with van der Waals surface area (Å²) < 4.78 is 12.4. The third-order valence-corrected chi connectivity index (χ3v) is 10.7. The van der Waals surface area contributed by atoms with E-state index in [4.69, 9.17) is 9.47 Å². The molecule has 0 saturated carbocycles. The molecular formula is C40H50N4O7. The standard InChI is InChI=1S/C40H50N4O7/c1-3-42(4-2)29-19-21-30(22-20-29)43-25-14-23-40-35(38(48)44(36(40)39(43)49)24-12-5-6-13-26-45)34-32(51-40)17-10-11-18-33(46)50-27-31(41-37(34)47)28-15-8-7-9-16-28/h7-10,14-17,19-23,31-32,34-36,45H,3-6,11-13,18,24-27H2,1-2H3,(H,41,47)/b17-10-/t31-,32+,34-,35-,36+,40-/m0/s1. The van der Waals surface area contributed by atoms with E-state index >= 15 is 0 Å². The Bertz CT molecular complexity index is 1610. The van der Waals surface area contributed by atoms with Crippen molar-refractivity contribution in [3.63, 3.8) is 0 Å². The van der Waals surface area contributed by atoms with Gasteiger partial charge in [0.05, 0.1) is 24.0 Å². The first kappa shape index (κ1) is 36.3. The lowest BCUT2D eigenvalue weighted by Crippen LogP contribution is -2.55. The van der Waals surface area contributed by atoms with Crippen LogP contribution < -0.4 is 15.1 Å². The van der Waals surface area contributed by atoms with E-state index < -0.39 is 41.5 Å². The Labute approximate surface area is 300 Å². The molecule has 272 valence electrons. The van der Waals surface area contributed by atoms with Crippen LogP contribution in [0.15, 0.2) is 78.9 Å². The van der Waals surface area contributed by atoms with Crippen LogP contribution in [0.5, 0.6) is 0 Å². The number of nitrogens with one attached hydrogen (secondary N) is 1. The van der Waals surface area contributed by atoms with Crippen molar-refractivity contribution in [1.29, 1.82) is 0 Å². The highest BCUT2D eigenvalue weighted by molar-refractivity contribution is 6.05. The highest BCUT2D eigenvalue weighted by Gasteiger charge is 2.71. The smallest absolute Gasteiger partial charge is 0.306 e. The Balaban J connectivity index is 1.38. The first-order valence-electron chi connectivity index (χ1n) is 18.4. The molecule has 6 atom stereocenters. The number of carbonyl (C=O) groups is 4. The maximum Gasteiger partial charge on any atom is 0.306 e. The molecule has 2 N–H and O–H groups in total. The summed E-state index contributed by atoms with van der Waals surface area (Å²) >= 11 is 0. The van der Waals surface area contributed by atoms with Crippen LogP contribution in [0.25, 0.3) is 0 Å². The van der Waals surface area contributed by atoms with E-state index in [1.807, 2.05) is 66.7 Å². The van der Waals surface area contributed by atoms with Crippen molar-refractivity contribution >= 4 is 35.1 Å². The molecule has 0 aromatic heterocycles. The van der Waals surface area contributed by atoms with Crippen molar-refractivity contribution in [3.8, 4) is 0 Å². The molecule has 4 aliphatic rings. The van der Waals surface area contributed by atoms with Gasteiger partial charge in [-0.3, -0.25) is 19.2 Å². The number of allylic oxidation sites excluding steroid dienone is 1. The lowest BCUT2D eigenvalue weighted by molar-refractivity contribution is -0.146. The molecular weight excluding hydrogens is 648 g/mol. The van der Waals surface area contributed by atoms with Crippen LogP contribution >= 0.6 is 0 Å². The Morgan fingerprint density at radius 2 is 1.67 bits per heavy atom. The molecule has 51 heavy (non-hydrogen) atoms. The van der Waals surface area contributed by atoms with Crippen molar-refractivity contribution in [2.24, 2.45) is 11.8 Å². The van der Waals surface area contributed by atoms with Crippen molar-refractivity contribution < 1.29 is 33.8 Å². The van der Waals surface area contributed by atoms with Gasteiger partial charge in [-0.2, -0.15) is 0 Å². The van der Waals surface area contributed by atoms with Crippen LogP contribution in [0, 0.1) is 11.8 Å². The van der Waals surface area contributed by atoms with Gasteiger partial charge >= 0.3 is 5.97 Å². The van der Waals surface area contributed by atoms with Gasteiger partial charge in [-0.15, -0.1) is 0 Å². The lowest BCUT2D eigenvalue weighted by Gasteiger charge is -2.35. The minimum Gasteiger partial charge on any atom is -0.463 e. The van der Waals surface area contributed by atoms with Crippen LogP contribution in [-0.4, -0.2) is 90.8 Å². The van der Waals surface area contributed by atoms with Gasteiger partial charge in [0.15, 0.2) is 0 Å². The molecule has 2 saturated heterocycles. The number of nitrogens with zero attached hydrogens (tertiary/aromatic N) is 3. The number of hydrogen-bond acceptors (Lipinski definition) is 8. The van der Waals surface area contributed by atoms with Crippen LogP contribution in [-0.2, 0) is 28.7 Å². The number of esters is 1. The van der Waals surface area contributed by atoms with Crippen molar-refractivity contribution in [3.05, 3.63) is 84.5 Å². The zero-order valence-electron chi connectivity index (χ0n) is 29.6. The third kappa shape index (κ3) is 7.32. The van der Waals surface area contributed by atoms with Crippen LogP contribution in [0.4, 0.5) is 11.4 Å². The topological polar surface area (TPSA) is 129 Å². The Morgan fingerprint density at radius 3 is 2.39 bits per heavy atom. The first-order valence-corrected chi connectivity index (χ1v) is 18.4. The van der Waals surface area contributed by atoms with E-state index in [0.717, 1.165) is 37.2 Å². The van der Waals surface area contributed by atoms with Crippen molar-refractivity contribution in [2.75, 3.05) is 49.2 Å². The second-order valence-corrected chi connectivity index (χ2v) is 13.7. The van der Waals surface area contributed by atoms with Gasteiger partial charge in [0, 0.05) is 50.6 Å². The van der Waals surface area contributed by atoms with Gasteiger partial charge < -0.3 is 34.6 Å². The van der Waals surface area contributed by atoms with Gasteiger partial charge in [0.2, 0.25) is 11.8 Å². The minimum atomic E-state index is -1.39. The fourth-order valence-electron chi connectivity index (χ4n) is 8.09. The second kappa shape index (κ2) is 16.2. The number of ether oxygens (including phenoxy) is 2. The number of aliphatic hydroxyl groups is 1. The van der Waals surface area contributed by atoms with E-state index in [0.29, 0.717) is 31.5 Å². The number of fused-ring (bicyclic) bond motifs is 2. The number of anilines is 2. The number of likely N-dealkylation sites (tertiary alicyclic amines) is 1. The number of cyclic esters (lactones) is 1. The Morgan fingerprint density at radius 1 is 0.922 bits per heavy atom. The van der Waals surface area contributed by atoms with E-state index in [-0.39, 0.29) is 44.0 Å². The van der Waals surface area contributed by atoms with Crippen LogP contribution in [0.1, 0.15) is 64.0 Å². The highest BCUT2D eigenvalue weighted by Crippen LogP contribution is 2.53. The quantitative estimate of drug-likeness (QED) is 0.202. The number of benzene rings is 2. The van der Waals surface area contributed by atoms with Gasteiger partial charge in [0.25, 0.3) is 5.91 Å². The van der Waals surface area contributed by atoms with Gasteiger partial charge in [-0.05, 0) is 62.9 Å². The SMILES string of the molecule is CCN(CC)c1ccc(N2CC=C[C@]34O[C@@H]5/C=C\CCC(=O)OC[C@@H](c6ccccc6)NC(=O)[C@@H]5[C@H]3C(=O)N(CCCCCCO)[C@@H]4C2=O)cc1. The number of rotatable bonds is 11. The summed E-state index contributed by atoms with van der Waals surface area (Å²) in [6.45, 7) is 6.58. The van der Waals surface area contributed by atoms with Gasteiger partial charge in [-0.1, -0.05) is 67.5 Å². The molecule has 3 amide bonds. The van der Waals surface area contributed by atoms with E-state index in [2.05, 4.69) is 24.1 Å². The van der Waals surface area contributed by atoms with Crippen LogP contribution in [0.3, 0.4) is 0 Å². The monoisotopic (exact) mass is 698 g/mol. The zero-order valence-corrected chi connectivity index (χ0v) is 29.6. The summed E-state index contributed by atoms with van der Waals surface area (Å²) in [4.78, 5) is 62.2. The molecule has 6 rings (SSSR count). The van der Waals surface area contributed by atoms with Crippen LogP contribution in [0.2, 0.25) is 0 Å². The molecule has 2 fully saturated rings. The average Bonchev–Trinajstić information content (AvgIpc) is 3.52. The molecule has 2 aromatic carbocycles. The highest BCUT2D eigenvalue weighted by atomic mass is 16.5. The summed E-state index contributed by atoms with van der Waals surface area (Å²) in [5.41, 5.74) is 1.16. The summed E-state index contributed by atoms with van der Waals surface area (Å²) in [6, 6.07) is 15.6. The largest absolute Gasteiger partial charge is 0.463 e. The lowest BCUT2D eigenvalue weighted by atomic mass is 9.77. The Hall–Kier alpha value is -4.48. The molecule has 1 spiro atoms. The van der Waals surface area contributed by atoms with Gasteiger partial charge in [0.1, 0.15) is 18.2 Å². The molecule has 11 heteroatoms. The first-order chi connectivity index (χ1) is 24.8. The molecule has 0 aliphatic carbocycles. The number of amides is 3. The van der Waals surface area contributed by atoms with E-state index in [1.165, 1.54) is 0 Å². The molecule has 4 heterocycles. The third-order valence-electron chi connectivity index (χ3n) is 10.7. The normalized spacial score (nSPS) is 28.5. The zero-order chi connectivity index (χ0) is 36.0. The Kier molecular flexibility index (Phi) is 11.6. The predicted molar refractivity (Wildman–Crippen MR) is 194 cm³/mol. The maximum atomic E-state index is 14.9. The van der Waals surface area contributed by atoms with E-state index in [9.17, 15) is 24.3 Å². The second-order valence-electron chi connectivity index (χ2n) is 13.7. The number of aliphatic hydroxyl groups excluding tert-OH is 1. The molecule has 4 aliphatic heterocycles. The number of unbranched alkanes of at least 4 members (excludes halogenated alkanes) is 3. The maximum absolute atomic E-state index is 14.9. The van der Waals surface area contributed by atoms with Gasteiger partial charge in [-0.25, -0.2) is 0 Å². The van der Waals surface area contributed by atoms with E-state index in [1.54, 1.807) is 22.0 Å². The summed E-state index contributed by atoms with van der Waals surface area (Å²) in [6.07, 6.45) is 9.91. The molecule has 0 radical (unpaired) electrons. The molecule has 11 nitrogen and oxygen atoms in total. The fourth-order valence-corrected chi connectivity index (χ4v) is 8.09. The predicted octanol–water partition coefficient (Wildman–Crippen LogP) is 4.32. The van der Waals surface area contributed by atoms with Crippen molar-refractivity contribution in [1.82, 2.24) is 10.2 Å². The fraction of sp³-hybridized carbons (Fsp3) is 0.500. The molecule has 0 unspecified atom stereocenters. The summed E-state index contributed by atoms with van der Waals surface area (Å²) in [5, 5.41) is 12.4. The summed E-state index contributed by atoms with van der Waals surface area (Å²) in [7, 11) is 0.